The van der Waals surface area contributed by atoms with Gasteiger partial charge in [-0.15, -0.1) is 21.5 Å². The van der Waals surface area contributed by atoms with Crippen LogP contribution in [0.2, 0.25) is 0 Å². The lowest BCUT2D eigenvalue weighted by molar-refractivity contribution is -0.118. The van der Waals surface area contributed by atoms with Crippen LogP contribution >= 0.6 is 23.1 Å². The quantitative estimate of drug-likeness (QED) is 0.302. The van der Waals surface area contributed by atoms with Crippen molar-refractivity contribution in [1.29, 1.82) is 0 Å². The summed E-state index contributed by atoms with van der Waals surface area (Å²) in [5.41, 5.74) is 3.17. The molecule has 1 N–H and O–H groups in total. The Hall–Kier alpha value is -2.91. The number of carbonyl (C=O) groups excluding carboxylic acids is 1. The fraction of sp³-hybridized carbons (Fsp3) is 0.333. The summed E-state index contributed by atoms with van der Waals surface area (Å²) >= 11 is 2.75. The molecule has 1 aliphatic rings. The average Bonchev–Trinajstić information content (AvgIpc) is 3.49. The minimum atomic E-state index is -0.0740. The first-order chi connectivity index (χ1) is 16.2. The fourth-order valence-electron chi connectivity index (χ4n) is 4.18. The molecular weight excluding hydrogens is 454 g/mol. The van der Waals surface area contributed by atoms with Crippen molar-refractivity contribution in [2.75, 3.05) is 12.3 Å². The first-order valence-electron chi connectivity index (χ1n) is 11.2. The Balaban J connectivity index is 1.34. The van der Waals surface area contributed by atoms with E-state index >= 15 is 0 Å². The number of amides is 1. The summed E-state index contributed by atoms with van der Waals surface area (Å²) in [6, 6.07) is 11.7. The summed E-state index contributed by atoms with van der Waals surface area (Å²) in [5.74, 6) is 0.720. The molecule has 0 unspecified atom stereocenters. The van der Waals surface area contributed by atoms with Crippen LogP contribution in [0.25, 0.3) is 16.0 Å². The maximum atomic E-state index is 13.1. The Kier molecular flexibility index (Phi) is 6.59. The number of nitrogens with zero attached hydrogens (tertiary/aromatic N) is 4. The van der Waals surface area contributed by atoms with Crippen molar-refractivity contribution in [1.82, 2.24) is 24.5 Å². The third kappa shape index (κ3) is 4.74. The minimum absolute atomic E-state index is 0.0210. The maximum Gasteiger partial charge on any atom is 0.273 e. The molecule has 0 aliphatic heterocycles. The highest BCUT2D eigenvalue weighted by molar-refractivity contribution is 7.99. The molecule has 1 aromatic carbocycles. The molecule has 1 amide bonds. The summed E-state index contributed by atoms with van der Waals surface area (Å²) < 4.78 is 4.20. The van der Waals surface area contributed by atoms with Crippen molar-refractivity contribution in [2.45, 2.75) is 43.8 Å². The zero-order valence-electron chi connectivity index (χ0n) is 18.2. The van der Waals surface area contributed by atoms with Crippen molar-refractivity contribution >= 4 is 45.0 Å². The number of benzene rings is 1. The standard InChI is InChI=1S/C24H25N5O2S2/c30-20(25-13-11-17-7-3-1-4-8-17)16-33-24-27-26-23-28(15-18-9-5-2-6-10-18)22(31)21-19(29(23)24)12-14-32-21/h2,5-7,9-10,12,14H,1,3-4,8,11,13,15-16H2,(H,25,30). The topological polar surface area (TPSA) is 81.3 Å². The van der Waals surface area contributed by atoms with Gasteiger partial charge in [-0.3, -0.25) is 18.6 Å². The van der Waals surface area contributed by atoms with E-state index in [1.165, 1.54) is 41.5 Å². The second-order valence-corrected chi connectivity index (χ2v) is 9.99. The molecule has 0 spiro atoms. The van der Waals surface area contributed by atoms with Crippen LogP contribution in [-0.4, -0.2) is 37.4 Å². The van der Waals surface area contributed by atoms with Gasteiger partial charge in [0, 0.05) is 6.54 Å². The zero-order chi connectivity index (χ0) is 22.6. The number of hydrogen-bond acceptors (Lipinski definition) is 6. The van der Waals surface area contributed by atoms with Gasteiger partial charge in [0.15, 0.2) is 5.16 Å². The Morgan fingerprint density at radius 3 is 2.85 bits per heavy atom. The molecule has 5 rings (SSSR count). The van der Waals surface area contributed by atoms with E-state index in [-0.39, 0.29) is 17.2 Å². The predicted octanol–water partition coefficient (Wildman–Crippen LogP) is 4.25. The van der Waals surface area contributed by atoms with E-state index in [1.807, 2.05) is 46.2 Å². The van der Waals surface area contributed by atoms with E-state index in [1.54, 1.807) is 4.57 Å². The number of aromatic nitrogens is 4. The lowest BCUT2D eigenvalue weighted by Crippen LogP contribution is -2.26. The third-order valence-electron chi connectivity index (χ3n) is 5.85. The molecule has 9 heteroatoms. The van der Waals surface area contributed by atoms with E-state index < -0.39 is 0 Å². The first kappa shape index (κ1) is 21.9. The van der Waals surface area contributed by atoms with Crippen LogP contribution in [0.1, 0.15) is 37.7 Å². The van der Waals surface area contributed by atoms with Gasteiger partial charge in [0.1, 0.15) is 4.70 Å². The second-order valence-electron chi connectivity index (χ2n) is 8.13. The number of rotatable bonds is 8. The van der Waals surface area contributed by atoms with E-state index in [9.17, 15) is 9.59 Å². The molecule has 3 heterocycles. The van der Waals surface area contributed by atoms with E-state index in [2.05, 4.69) is 21.6 Å². The van der Waals surface area contributed by atoms with Crippen molar-refractivity contribution in [3.63, 3.8) is 0 Å². The third-order valence-corrected chi connectivity index (χ3v) is 7.67. The van der Waals surface area contributed by atoms with Gasteiger partial charge in [-0.05, 0) is 49.1 Å². The van der Waals surface area contributed by atoms with Gasteiger partial charge in [-0.1, -0.05) is 53.7 Å². The molecule has 0 saturated carbocycles. The molecule has 7 nitrogen and oxygen atoms in total. The Labute approximate surface area is 199 Å². The van der Waals surface area contributed by atoms with Crippen molar-refractivity contribution < 1.29 is 4.79 Å². The zero-order valence-corrected chi connectivity index (χ0v) is 19.8. The van der Waals surface area contributed by atoms with Gasteiger partial charge < -0.3 is 5.32 Å². The first-order valence-corrected chi connectivity index (χ1v) is 13.0. The van der Waals surface area contributed by atoms with E-state index in [0.717, 1.165) is 30.3 Å². The largest absolute Gasteiger partial charge is 0.355 e. The SMILES string of the molecule is O=C(CSc1nnc2n(Cc3ccccc3)c(=O)c3sccc3n12)NCCC1=CCCCC1. The molecule has 0 bridgehead atoms. The number of allylic oxidation sites excluding steroid dienone is 1. The molecule has 0 atom stereocenters. The molecule has 3 aromatic heterocycles. The Morgan fingerprint density at radius 2 is 2.03 bits per heavy atom. The normalized spacial score (nSPS) is 14.0. The van der Waals surface area contributed by atoms with Gasteiger partial charge in [0.25, 0.3) is 5.56 Å². The van der Waals surface area contributed by atoms with Gasteiger partial charge in [-0.25, -0.2) is 0 Å². The van der Waals surface area contributed by atoms with Gasteiger partial charge in [0.2, 0.25) is 11.7 Å². The van der Waals surface area contributed by atoms with Crippen LogP contribution in [-0.2, 0) is 11.3 Å². The average molecular weight is 480 g/mol. The molecule has 0 radical (unpaired) electrons. The molecular formula is C24H25N5O2S2. The summed E-state index contributed by atoms with van der Waals surface area (Å²) in [6.07, 6.45) is 8.07. The monoisotopic (exact) mass is 479 g/mol. The molecule has 0 fully saturated rings. The van der Waals surface area contributed by atoms with Crippen molar-refractivity contribution in [2.24, 2.45) is 0 Å². The van der Waals surface area contributed by atoms with Crippen LogP contribution in [0.4, 0.5) is 0 Å². The highest BCUT2D eigenvalue weighted by Crippen LogP contribution is 2.25. The predicted molar refractivity (Wildman–Crippen MR) is 133 cm³/mol. The number of thioether (sulfide) groups is 1. The number of thiophene rings is 1. The molecule has 1 aliphatic carbocycles. The lowest BCUT2D eigenvalue weighted by Gasteiger charge is -2.12. The molecule has 33 heavy (non-hydrogen) atoms. The number of nitrogens with one attached hydrogen (secondary N) is 1. The molecule has 4 aromatic rings. The highest BCUT2D eigenvalue weighted by atomic mass is 32.2. The summed E-state index contributed by atoms with van der Waals surface area (Å²) in [6.45, 7) is 1.08. The number of hydrogen-bond donors (Lipinski definition) is 1. The summed E-state index contributed by atoms with van der Waals surface area (Å²) in [7, 11) is 0. The fourth-order valence-corrected chi connectivity index (χ4v) is 5.77. The second kappa shape index (κ2) is 9.93. The van der Waals surface area contributed by atoms with Crippen molar-refractivity contribution in [3.8, 4) is 0 Å². The highest BCUT2D eigenvalue weighted by Gasteiger charge is 2.18. The van der Waals surface area contributed by atoms with E-state index in [0.29, 0.717) is 28.7 Å². The van der Waals surface area contributed by atoms with Crippen LogP contribution in [0, 0.1) is 0 Å². The van der Waals surface area contributed by atoms with Crippen LogP contribution in [0.3, 0.4) is 0 Å². The molecule has 0 saturated heterocycles. The number of fused-ring (bicyclic) bond motifs is 3. The lowest BCUT2D eigenvalue weighted by atomic mass is 9.97. The Morgan fingerprint density at radius 1 is 1.15 bits per heavy atom. The summed E-state index contributed by atoms with van der Waals surface area (Å²) in [5, 5.41) is 14.2. The van der Waals surface area contributed by atoms with Crippen LogP contribution in [0.5, 0.6) is 0 Å². The molecule has 170 valence electrons. The van der Waals surface area contributed by atoms with E-state index in [4.69, 9.17) is 0 Å². The summed E-state index contributed by atoms with van der Waals surface area (Å²) in [4.78, 5) is 25.6. The van der Waals surface area contributed by atoms with Crippen LogP contribution in [0.15, 0.2) is 63.4 Å². The Bertz CT molecular complexity index is 1370. The van der Waals surface area contributed by atoms with Gasteiger partial charge in [0.05, 0.1) is 17.8 Å². The van der Waals surface area contributed by atoms with Gasteiger partial charge >= 0.3 is 0 Å². The minimum Gasteiger partial charge on any atom is -0.355 e. The maximum absolute atomic E-state index is 13.1. The number of carbonyl (C=O) groups is 1. The van der Waals surface area contributed by atoms with Crippen LogP contribution < -0.4 is 10.9 Å². The van der Waals surface area contributed by atoms with Gasteiger partial charge in [-0.2, -0.15) is 0 Å². The smallest absolute Gasteiger partial charge is 0.273 e. The van der Waals surface area contributed by atoms with Crippen molar-refractivity contribution in [3.05, 3.63) is 69.3 Å².